The molecule has 0 bridgehead atoms. The van der Waals surface area contributed by atoms with Crippen LogP contribution < -0.4 is 0 Å². The molecule has 3 rings (SSSR count). The van der Waals surface area contributed by atoms with Gasteiger partial charge in [0.05, 0.1) is 0 Å². The molecule has 1 unspecified atom stereocenters. The Balaban J connectivity index is 0.000000196. The van der Waals surface area contributed by atoms with E-state index in [0.29, 0.717) is 6.54 Å². The molecule has 2 heterocycles. The number of aromatic carboxylic acids is 1. The molecule has 1 aliphatic heterocycles. The number of rotatable bonds is 2. The summed E-state index contributed by atoms with van der Waals surface area (Å²) >= 11 is 0. The van der Waals surface area contributed by atoms with Gasteiger partial charge in [-0.2, -0.15) is 0 Å². The molecule has 0 radical (unpaired) electrons. The van der Waals surface area contributed by atoms with E-state index in [0.717, 1.165) is 18.4 Å². The van der Waals surface area contributed by atoms with Crippen molar-refractivity contribution >= 4 is 5.97 Å². The predicted octanol–water partition coefficient (Wildman–Crippen LogP) is 2.94. The fourth-order valence-corrected chi connectivity index (χ4v) is 2.34. The van der Waals surface area contributed by atoms with Crippen molar-refractivity contribution in [1.82, 2.24) is 9.88 Å². The summed E-state index contributed by atoms with van der Waals surface area (Å²) in [7, 11) is 0. The third-order valence-corrected chi connectivity index (χ3v) is 3.46. The third-order valence-electron chi connectivity index (χ3n) is 3.46. The van der Waals surface area contributed by atoms with Gasteiger partial charge in [-0.15, -0.1) is 0 Å². The predicted molar refractivity (Wildman–Crippen MR) is 83.9 cm³/mol. The van der Waals surface area contributed by atoms with Gasteiger partial charge >= 0.3 is 5.97 Å². The lowest BCUT2D eigenvalue weighted by atomic mass is 10.1. The van der Waals surface area contributed by atoms with E-state index in [2.05, 4.69) is 4.98 Å². The third kappa shape index (κ3) is 4.05. The van der Waals surface area contributed by atoms with Crippen molar-refractivity contribution in [3.63, 3.8) is 0 Å². The van der Waals surface area contributed by atoms with Crippen molar-refractivity contribution in [2.75, 3.05) is 13.5 Å². The van der Waals surface area contributed by atoms with Crippen LogP contribution >= 0.6 is 0 Å². The van der Waals surface area contributed by atoms with Crippen molar-refractivity contribution in [3.05, 3.63) is 59.9 Å². The van der Waals surface area contributed by atoms with Crippen molar-refractivity contribution in [3.8, 4) is 5.75 Å². The SMILES string of the molecule is O=C(O)c1ccccc1O.[2H]C([2H])([2H])N1CCCC1c1cccnc1. The first-order valence-corrected chi connectivity index (χ1v) is 6.98. The summed E-state index contributed by atoms with van der Waals surface area (Å²) in [5.41, 5.74) is 0.939. The zero-order valence-corrected chi connectivity index (χ0v) is 12.0. The maximum atomic E-state index is 10.3. The molecule has 1 aromatic heterocycles. The van der Waals surface area contributed by atoms with Crippen LogP contribution in [-0.2, 0) is 0 Å². The summed E-state index contributed by atoms with van der Waals surface area (Å²) in [6.45, 7) is -1.34. The van der Waals surface area contributed by atoms with E-state index in [1.54, 1.807) is 29.4 Å². The smallest absolute Gasteiger partial charge is 0.339 e. The molecule has 1 aromatic carbocycles. The van der Waals surface area contributed by atoms with E-state index < -0.39 is 12.9 Å². The molecule has 0 saturated carbocycles. The van der Waals surface area contributed by atoms with E-state index in [-0.39, 0.29) is 17.4 Å². The van der Waals surface area contributed by atoms with Crippen molar-refractivity contribution in [2.45, 2.75) is 18.9 Å². The second-order valence-electron chi connectivity index (χ2n) is 4.96. The maximum absolute atomic E-state index is 10.3. The number of carboxylic acids is 1. The second-order valence-corrected chi connectivity index (χ2v) is 4.96. The standard InChI is InChI=1S/C10H14N2.C7H6O3/c1-12-7-3-5-10(12)9-4-2-6-11-8-9;8-6-4-2-1-3-5(6)7(9)10/h2,4,6,8,10H,3,5,7H2,1H3;1-4,8H,(H,9,10)/i1D3;. The van der Waals surface area contributed by atoms with Gasteiger partial charge in [0, 0.05) is 22.5 Å². The number of pyridine rings is 1. The number of aromatic nitrogens is 1. The fourth-order valence-electron chi connectivity index (χ4n) is 2.34. The van der Waals surface area contributed by atoms with Crippen LogP contribution in [0.3, 0.4) is 0 Å². The first kappa shape index (κ1) is 12.2. The van der Waals surface area contributed by atoms with E-state index in [4.69, 9.17) is 14.3 Å². The van der Waals surface area contributed by atoms with Crippen LogP contribution in [0.2, 0.25) is 0 Å². The molecule has 5 heteroatoms. The van der Waals surface area contributed by atoms with Gasteiger partial charge < -0.3 is 10.2 Å². The zero-order chi connectivity index (χ0) is 18.4. The van der Waals surface area contributed by atoms with Crippen LogP contribution in [0.25, 0.3) is 0 Å². The average Bonchev–Trinajstić information content (AvgIpc) is 3.06. The molecule has 1 fully saturated rings. The van der Waals surface area contributed by atoms with Crippen LogP contribution in [-0.4, -0.2) is 39.6 Å². The Hall–Kier alpha value is -2.40. The van der Waals surface area contributed by atoms with Gasteiger partial charge in [-0.1, -0.05) is 18.2 Å². The summed E-state index contributed by atoms with van der Waals surface area (Å²) in [5, 5.41) is 17.3. The minimum absolute atomic E-state index is 0.00574. The first-order valence-electron chi connectivity index (χ1n) is 8.48. The summed E-state index contributed by atoms with van der Waals surface area (Å²) in [4.78, 5) is 15.9. The Morgan fingerprint density at radius 2 is 2.18 bits per heavy atom. The normalized spacial score (nSPS) is 20.2. The van der Waals surface area contributed by atoms with Crippen molar-refractivity contribution in [1.29, 1.82) is 0 Å². The monoisotopic (exact) mass is 303 g/mol. The number of likely N-dealkylation sites (tertiary alicyclic amines) is 1. The highest BCUT2D eigenvalue weighted by molar-refractivity contribution is 5.90. The molecular weight excluding hydrogens is 280 g/mol. The molecule has 2 aromatic rings. The van der Waals surface area contributed by atoms with Crippen LogP contribution in [0.15, 0.2) is 48.8 Å². The van der Waals surface area contributed by atoms with Crippen LogP contribution in [0, 0.1) is 0 Å². The second kappa shape index (κ2) is 7.56. The Bertz CT molecular complexity index is 708. The molecule has 1 saturated heterocycles. The lowest BCUT2D eigenvalue weighted by molar-refractivity contribution is 0.0693. The molecule has 0 aliphatic carbocycles. The fraction of sp³-hybridized carbons (Fsp3) is 0.294. The van der Waals surface area contributed by atoms with Crippen molar-refractivity contribution < 1.29 is 19.1 Å². The van der Waals surface area contributed by atoms with Crippen molar-refractivity contribution in [2.24, 2.45) is 0 Å². The van der Waals surface area contributed by atoms with E-state index in [1.165, 1.54) is 12.1 Å². The summed E-state index contributed by atoms with van der Waals surface area (Å²) < 4.78 is 22.3. The molecule has 2 N–H and O–H groups in total. The van der Waals surface area contributed by atoms with Gasteiger partial charge in [0.25, 0.3) is 0 Å². The molecule has 0 spiro atoms. The number of phenols is 1. The molecular formula is C17H20N2O3. The molecule has 22 heavy (non-hydrogen) atoms. The lowest BCUT2D eigenvalue weighted by Crippen LogP contribution is -2.17. The minimum Gasteiger partial charge on any atom is -0.507 e. The number of aromatic hydroxyl groups is 1. The van der Waals surface area contributed by atoms with Gasteiger partial charge in [0.15, 0.2) is 0 Å². The molecule has 1 atom stereocenters. The van der Waals surface area contributed by atoms with Crippen LogP contribution in [0.4, 0.5) is 0 Å². The number of hydrogen-bond donors (Lipinski definition) is 2. The number of para-hydroxylation sites is 1. The minimum atomic E-state index is -1.99. The van der Waals surface area contributed by atoms with Gasteiger partial charge in [0.1, 0.15) is 11.3 Å². The Kier molecular flexibility index (Phi) is 4.19. The number of carboxylic acid groups (broad SMARTS) is 1. The number of carbonyl (C=O) groups is 1. The highest BCUT2D eigenvalue weighted by Crippen LogP contribution is 2.29. The zero-order valence-electron chi connectivity index (χ0n) is 15.0. The average molecular weight is 303 g/mol. The summed E-state index contributed by atoms with van der Waals surface area (Å²) in [5.74, 6) is -1.31. The number of benzene rings is 1. The van der Waals surface area contributed by atoms with E-state index >= 15 is 0 Å². The van der Waals surface area contributed by atoms with Crippen LogP contribution in [0.1, 0.15) is 38.9 Å². The van der Waals surface area contributed by atoms with Crippen LogP contribution in [0.5, 0.6) is 5.75 Å². The van der Waals surface area contributed by atoms with Gasteiger partial charge in [-0.25, -0.2) is 4.79 Å². The molecule has 1 aliphatic rings. The van der Waals surface area contributed by atoms with E-state index in [1.807, 2.05) is 12.1 Å². The van der Waals surface area contributed by atoms with Gasteiger partial charge in [-0.05, 0) is 50.1 Å². The number of hydrogen-bond acceptors (Lipinski definition) is 4. The largest absolute Gasteiger partial charge is 0.507 e. The molecule has 116 valence electrons. The first-order chi connectivity index (χ1) is 11.8. The summed E-state index contributed by atoms with van der Waals surface area (Å²) in [6.07, 6.45) is 5.31. The highest BCUT2D eigenvalue weighted by atomic mass is 16.4. The Labute approximate surface area is 134 Å². The Morgan fingerprint density at radius 1 is 1.36 bits per heavy atom. The highest BCUT2D eigenvalue weighted by Gasteiger charge is 2.21. The lowest BCUT2D eigenvalue weighted by Gasteiger charge is -2.18. The summed E-state index contributed by atoms with van der Waals surface area (Å²) in [6, 6.07) is 9.62. The molecule has 0 amide bonds. The Morgan fingerprint density at radius 3 is 2.77 bits per heavy atom. The molecule has 5 nitrogen and oxygen atoms in total. The van der Waals surface area contributed by atoms with Gasteiger partial charge in [-0.3, -0.25) is 9.88 Å². The van der Waals surface area contributed by atoms with E-state index in [9.17, 15) is 4.79 Å². The quantitative estimate of drug-likeness (QED) is 0.892. The van der Waals surface area contributed by atoms with Gasteiger partial charge in [0.2, 0.25) is 0 Å². The maximum Gasteiger partial charge on any atom is 0.339 e. The topological polar surface area (TPSA) is 73.7 Å². The number of nitrogens with zero attached hydrogens (tertiary/aromatic N) is 2.